The Morgan fingerprint density at radius 3 is 2.67 bits per heavy atom. The van der Waals surface area contributed by atoms with Crippen molar-refractivity contribution in [1.29, 1.82) is 0 Å². The molecule has 2 rings (SSSR count). The van der Waals surface area contributed by atoms with E-state index in [1.165, 1.54) is 32.4 Å². The number of carbonyl (C=O) groups is 1. The Kier molecular flexibility index (Phi) is 3.59. The van der Waals surface area contributed by atoms with Gasteiger partial charge in [0, 0.05) is 13.1 Å². The summed E-state index contributed by atoms with van der Waals surface area (Å²) < 4.78 is 0. The Bertz CT molecular complexity index is 227. The quantitative estimate of drug-likeness (QED) is 0.716. The van der Waals surface area contributed by atoms with E-state index in [0.717, 1.165) is 19.5 Å². The van der Waals surface area contributed by atoms with Gasteiger partial charge < -0.3 is 15.3 Å². The van der Waals surface area contributed by atoms with Crippen LogP contribution in [-0.2, 0) is 4.79 Å². The summed E-state index contributed by atoms with van der Waals surface area (Å²) in [6.07, 6.45) is 4.77. The molecule has 86 valence electrons. The molecule has 0 aromatic rings. The van der Waals surface area contributed by atoms with Gasteiger partial charge in [-0.2, -0.15) is 0 Å². The van der Waals surface area contributed by atoms with E-state index in [9.17, 15) is 4.79 Å². The lowest BCUT2D eigenvalue weighted by Crippen LogP contribution is -2.34. The maximum absolute atomic E-state index is 10.8. The first kappa shape index (κ1) is 10.9. The van der Waals surface area contributed by atoms with E-state index in [1.54, 1.807) is 0 Å². The number of rotatable bonds is 3. The molecule has 2 fully saturated rings. The van der Waals surface area contributed by atoms with Gasteiger partial charge in [-0.1, -0.05) is 6.42 Å². The molecule has 0 aromatic heterocycles. The Morgan fingerprint density at radius 1 is 1.33 bits per heavy atom. The molecule has 2 N–H and O–H groups in total. The molecule has 0 aromatic carbocycles. The third kappa shape index (κ3) is 2.92. The second kappa shape index (κ2) is 4.94. The zero-order chi connectivity index (χ0) is 10.7. The molecule has 0 saturated carbocycles. The fourth-order valence-electron chi connectivity index (χ4n) is 2.64. The predicted molar refractivity (Wildman–Crippen MR) is 57.8 cm³/mol. The highest BCUT2D eigenvalue weighted by Crippen LogP contribution is 2.18. The zero-order valence-electron chi connectivity index (χ0n) is 9.11. The Hall–Kier alpha value is -0.610. The summed E-state index contributed by atoms with van der Waals surface area (Å²) in [5.41, 5.74) is 0. The maximum Gasteiger partial charge on any atom is 0.320 e. The Morgan fingerprint density at radius 2 is 2.07 bits per heavy atom. The monoisotopic (exact) mass is 212 g/mol. The molecule has 0 radical (unpaired) electrons. The van der Waals surface area contributed by atoms with E-state index in [1.807, 2.05) is 0 Å². The number of aliphatic carboxylic acids is 1. The topological polar surface area (TPSA) is 52.6 Å². The standard InChI is InChI=1S/C11H20N2O2/c14-11(15)10-6-9(7-12-10)8-13-4-2-1-3-5-13/h9-10,12H,1-8H2,(H,14,15). The van der Waals surface area contributed by atoms with Gasteiger partial charge >= 0.3 is 5.97 Å². The maximum atomic E-state index is 10.8. The third-order valence-corrected chi connectivity index (χ3v) is 3.49. The minimum Gasteiger partial charge on any atom is -0.480 e. The molecule has 2 unspecified atom stereocenters. The Balaban J connectivity index is 1.74. The Labute approximate surface area is 90.6 Å². The zero-order valence-corrected chi connectivity index (χ0v) is 9.11. The minimum atomic E-state index is -0.698. The summed E-state index contributed by atoms with van der Waals surface area (Å²) in [4.78, 5) is 13.2. The molecule has 2 aliphatic rings. The number of nitrogens with one attached hydrogen (secondary N) is 1. The van der Waals surface area contributed by atoms with E-state index < -0.39 is 5.97 Å². The van der Waals surface area contributed by atoms with E-state index in [0.29, 0.717) is 5.92 Å². The average Bonchev–Trinajstić information content (AvgIpc) is 2.68. The first-order valence-electron chi connectivity index (χ1n) is 5.94. The van der Waals surface area contributed by atoms with Gasteiger partial charge in [-0.25, -0.2) is 0 Å². The second-order valence-electron chi connectivity index (χ2n) is 4.76. The van der Waals surface area contributed by atoms with Crippen LogP contribution in [0.3, 0.4) is 0 Å². The minimum absolute atomic E-state index is 0.306. The lowest BCUT2D eigenvalue weighted by Gasteiger charge is -2.28. The highest BCUT2D eigenvalue weighted by Gasteiger charge is 2.30. The van der Waals surface area contributed by atoms with Crippen molar-refractivity contribution in [3.05, 3.63) is 0 Å². The molecular weight excluding hydrogens is 192 g/mol. The lowest BCUT2D eigenvalue weighted by atomic mass is 10.0. The van der Waals surface area contributed by atoms with Crippen LogP contribution in [0.1, 0.15) is 25.7 Å². The van der Waals surface area contributed by atoms with Crippen molar-refractivity contribution in [3.63, 3.8) is 0 Å². The summed E-state index contributed by atoms with van der Waals surface area (Å²) in [6, 6.07) is -0.306. The van der Waals surface area contributed by atoms with E-state index in [2.05, 4.69) is 10.2 Å². The second-order valence-corrected chi connectivity index (χ2v) is 4.76. The average molecular weight is 212 g/mol. The van der Waals surface area contributed by atoms with E-state index in [4.69, 9.17) is 5.11 Å². The summed E-state index contributed by atoms with van der Waals surface area (Å²) in [7, 11) is 0. The van der Waals surface area contributed by atoms with Crippen LogP contribution in [0.25, 0.3) is 0 Å². The highest BCUT2D eigenvalue weighted by atomic mass is 16.4. The van der Waals surface area contributed by atoms with Crippen LogP contribution in [0.4, 0.5) is 0 Å². The van der Waals surface area contributed by atoms with Gasteiger partial charge in [0.15, 0.2) is 0 Å². The van der Waals surface area contributed by atoms with Crippen LogP contribution in [0, 0.1) is 5.92 Å². The molecule has 2 atom stereocenters. The molecule has 0 amide bonds. The normalized spacial score (nSPS) is 33.1. The van der Waals surface area contributed by atoms with Crippen LogP contribution in [0.2, 0.25) is 0 Å². The number of piperidine rings is 1. The van der Waals surface area contributed by atoms with Gasteiger partial charge in [0.1, 0.15) is 6.04 Å². The van der Waals surface area contributed by atoms with Crippen molar-refractivity contribution in [2.75, 3.05) is 26.2 Å². The first-order chi connectivity index (χ1) is 7.25. The van der Waals surface area contributed by atoms with Gasteiger partial charge in [-0.05, 0) is 38.3 Å². The molecule has 0 spiro atoms. The molecule has 0 aliphatic carbocycles. The number of nitrogens with zero attached hydrogens (tertiary/aromatic N) is 1. The molecule has 4 nitrogen and oxygen atoms in total. The SMILES string of the molecule is O=C(O)C1CC(CN2CCCCC2)CN1. The van der Waals surface area contributed by atoms with Crippen molar-refractivity contribution < 1.29 is 9.90 Å². The first-order valence-corrected chi connectivity index (χ1v) is 5.94. The molecule has 2 heterocycles. The van der Waals surface area contributed by atoms with Crippen LogP contribution in [-0.4, -0.2) is 48.2 Å². The van der Waals surface area contributed by atoms with Crippen molar-refractivity contribution in [2.45, 2.75) is 31.7 Å². The van der Waals surface area contributed by atoms with Crippen molar-refractivity contribution in [3.8, 4) is 0 Å². The molecule has 2 aliphatic heterocycles. The van der Waals surface area contributed by atoms with Gasteiger partial charge in [-0.15, -0.1) is 0 Å². The number of carboxylic acids is 1. The van der Waals surface area contributed by atoms with Crippen LogP contribution >= 0.6 is 0 Å². The van der Waals surface area contributed by atoms with Gasteiger partial charge in [0.2, 0.25) is 0 Å². The summed E-state index contributed by atoms with van der Waals surface area (Å²) in [5.74, 6) is -0.166. The molecule has 0 bridgehead atoms. The summed E-state index contributed by atoms with van der Waals surface area (Å²) >= 11 is 0. The van der Waals surface area contributed by atoms with Crippen LogP contribution < -0.4 is 5.32 Å². The van der Waals surface area contributed by atoms with Crippen molar-refractivity contribution in [1.82, 2.24) is 10.2 Å². The van der Waals surface area contributed by atoms with Crippen molar-refractivity contribution in [2.24, 2.45) is 5.92 Å². The van der Waals surface area contributed by atoms with E-state index >= 15 is 0 Å². The van der Waals surface area contributed by atoms with Gasteiger partial charge in [0.05, 0.1) is 0 Å². The largest absolute Gasteiger partial charge is 0.480 e. The fourth-order valence-corrected chi connectivity index (χ4v) is 2.64. The summed E-state index contributed by atoms with van der Waals surface area (Å²) in [5, 5.41) is 11.9. The highest BCUT2D eigenvalue weighted by molar-refractivity contribution is 5.73. The molecule has 15 heavy (non-hydrogen) atoms. The number of hydrogen-bond donors (Lipinski definition) is 2. The van der Waals surface area contributed by atoms with E-state index in [-0.39, 0.29) is 6.04 Å². The third-order valence-electron chi connectivity index (χ3n) is 3.49. The molecule has 2 saturated heterocycles. The molecular formula is C11H20N2O2. The van der Waals surface area contributed by atoms with Crippen molar-refractivity contribution >= 4 is 5.97 Å². The van der Waals surface area contributed by atoms with Gasteiger partial charge in [0.25, 0.3) is 0 Å². The summed E-state index contributed by atoms with van der Waals surface area (Å²) in [6.45, 7) is 4.35. The number of likely N-dealkylation sites (tertiary alicyclic amines) is 1. The predicted octanol–water partition coefficient (Wildman–Crippen LogP) is 0.535. The smallest absolute Gasteiger partial charge is 0.320 e. The fraction of sp³-hybridized carbons (Fsp3) is 0.909. The lowest BCUT2D eigenvalue weighted by molar-refractivity contribution is -0.139. The van der Waals surface area contributed by atoms with Gasteiger partial charge in [-0.3, -0.25) is 4.79 Å². The number of hydrogen-bond acceptors (Lipinski definition) is 3. The van der Waals surface area contributed by atoms with Crippen LogP contribution in [0.5, 0.6) is 0 Å². The number of carboxylic acid groups (broad SMARTS) is 1. The molecule has 4 heteroatoms. The van der Waals surface area contributed by atoms with Crippen LogP contribution in [0.15, 0.2) is 0 Å².